The standard InChI is InChI=1S/C18H32O2/c1-3-15-11-14-9-13(2)10-16(12-14)18(15)20-19-17-7-5-4-6-8-17/h13-18H,3-12H2,1-2H3. The first-order valence-electron chi connectivity index (χ1n) is 9.08. The van der Waals surface area contributed by atoms with Gasteiger partial charge in [0.2, 0.25) is 0 Å². The lowest BCUT2D eigenvalue weighted by molar-refractivity contribution is -0.377. The molecular weight excluding hydrogens is 248 g/mol. The molecule has 116 valence electrons. The normalized spacial score (nSPS) is 42.6. The molecule has 0 spiro atoms. The van der Waals surface area contributed by atoms with Gasteiger partial charge in [-0.1, -0.05) is 39.5 Å². The molecule has 3 fully saturated rings. The van der Waals surface area contributed by atoms with Gasteiger partial charge in [0.1, 0.15) is 0 Å². The maximum absolute atomic E-state index is 6.06. The molecule has 2 nitrogen and oxygen atoms in total. The molecule has 0 heterocycles. The Morgan fingerprint density at radius 3 is 2.45 bits per heavy atom. The quantitative estimate of drug-likeness (QED) is 0.526. The first-order valence-corrected chi connectivity index (χ1v) is 9.08. The fourth-order valence-corrected chi connectivity index (χ4v) is 5.07. The molecule has 0 aromatic rings. The van der Waals surface area contributed by atoms with Gasteiger partial charge in [-0.3, -0.25) is 0 Å². The summed E-state index contributed by atoms with van der Waals surface area (Å²) in [7, 11) is 0. The van der Waals surface area contributed by atoms with Crippen molar-refractivity contribution >= 4 is 0 Å². The monoisotopic (exact) mass is 280 g/mol. The van der Waals surface area contributed by atoms with Gasteiger partial charge in [0, 0.05) is 0 Å². The Kier molecular flexibility index (Phi) is 5.04. The van der Waals surface area contributed by atoms with Crippen molar-refractivity contribution in [3.63, 3.8) is 0 Å². The molecule has 2 bridgehead atoms. The van der Waals surface area contributed by atoms with Crippen molar-refractivity contribution in [2.75, 3.05) is 0 Å². The van der Waals surface area contributed by atoms with Gasteiger partial charge in [0.15, 0.2) is 0 Å². The first-order chi connectivity index (χ1) is 9.76. The van der Waals surface area contributed by atoms with Crippen LogP contribution in [0.1, 0.15) is 78.1 Å². The minimum atomic E-state index is 0.375. The Morgan fingerprint density at radius 1 is 0.900 bits per heavy atom. The Balaban J connectivity index is 1.56. The second-order valence-corrected chi connectivity index (χ2v) is 7.76. The Hall–Kier alpha value is -0.0800. The van der Waals surface area contributed by atoms with Crippen LogP contribution in [-0.4, -0.2) is 12.2 Å². The van der Waals surface area contributed by atoms with Crippen LogP contribution in [-0.2, 0) is 9.78 Å². The summed E-state index contributed by atoms with van der Waals surface area (Å²) in [4.78, 5) is 11.9. The fourth-order valence-electron chi connectivity index (χ4n) is 5.07. The van der Waals surface area contributed by atoms with E-state index in [0.717, 1.165) is 23.7 Å². The van der Waals surface area contributed by atoms with Crippen molar-refractivity contribution in [1.29, 1.82) is 0 Å². The molecule has 2 heteroatoms. The Labute approximate surface area is 124 Å². The lowest BCUT2D eigenvalue weighted by Gasteiger charge is -2.46. The molecule has 3 aliphatic carbocycles. The summed E-state index contributed by atoms with van der Waals surface area (Å²) in [5.74, 6) is 3.33. The van der Waals surface area contributed by atoms with E-state index in [1.54, 1.807) is 0 Å². The van der Waals surface area contributed by atoms with Gasteiger partial charge in [0.05, 0.1) is 12.2 Å². The van der Waals surface area contributed by atoms with E-state index in [1.807, 2.05) is 0 Å². The van der Waals surface area contributed by atoms with E-state index in [9.17, 15) is 0 Å². The van der Waals surface area contributed by atoms with Crippen LogP contribution in [0, 0.1) is 23.7 Å². The Bertz CT molecular complexity index is 296. The third-order valence-electron chi connectivity index (χ3n) is 6.02. The molecule has 0 radical (unpaired) electrons. The minimum Gasteiger partial charge on any atom is -0.233 e. The molecule has 0 aromatic heterocycles. The zero-order valence-corrected chi connectivity index (χ0v) is 13.4. The number of hydrogen-bond donors (Lipinski definition) is 0. The zero-order chi connectivity index (χ0) is 13.9. The summed E-state index contributed by atoms with van der Waals surface area (Å²) in [6.07, 6.45) is 14.0. The van der Waals surface area contributed by atoms with Gasteiger partial charge < -0.3 is 0 Å². The molecule has 5 atom stereocenters. The molecule has 5 unspecified atom stereocenters. The number of fused-ring (bicyclic) bond motifs is 2. The molecule has 3 aliphatic rings. The first kappa shape index (κ1) is 14.8. The summed E-state index contributed by atoms with van der Waals surface area (Å²) in [5.41, 5.74) is 0. The van der Waals surface area contributed by atoms with Crippen LogP contribution in [0.2, 0.25) is 0 Å². The van der Waals surface area contributed by atoms with Crippen molar-refractivity contribution in [1.82, 2.24) is 0 Å². The average molecular weight is 280 g/mol. The third-order valence-corrected chi connectivity index (χ3v) is 6.02. The van der Waals surface area contributed by atoms with Gasteiger partial charge >= 0.3 is 0 Å². The van der Waals surface area contributed by atoms with E-state index >= 15 is 0 Å². The third kappa shape index (κ3) is 3.39. The summed E-state index contributed by atoms with van der Waals surface area (Å²) < 4.78 is 0. The van der Waals surface area contributed by atoms with E-state index in [1.165, 1.54) is 64.2 Å². The lowest BCUT2D eigenvalue weighted by Crippen LogP contribution is -2.43. The Morgan fingerprint density at radius 2 is 1.70 bits per heavy atom. The van der Waals surface area contributed by atoms with Crippen molar-refractivity contribution in [3.8, 4) is 0 Å². The topological polar surface area (TPSA) is 18.5 Å². The van der Waals surface area contributed by atoms with Crippen LogP contribution in [0.15, 0.2) is 0 Å². The van der Waals surface area contributed by atoms with Gasteiger partial charge in [-0.2, -0.15) is 0 Å². The van der Waals surface area contributed by atoms with Gasteiger partial charge in [-0.15, -0.1) is 0 Å². The minimum absolute atomic E-state index is 0.375. The van der Waals surface area contributed by atoms with Crippen molar-refractivity contribution in [2.24, 2.45) is 23.7 Å². The largest absolute Gasteiger partial charge is 0.233 e. The molecule has 0 aliphatic heterocycles. The summed E-state index contributed by atoms with van der Waals surface area (Å²) >= 11 is 0. The number of hydrogen-bond acceptors (Lipinski definition) is 2. The van der Waals surface area contributed by atoms with E-state index in [-0.39, 0.29) is 0 Å². The molecule has 20 heavy (non-hydrogen) atoms. The van der Waals surface area contributed by atoms with Gasteiger partial charge in [-0.05, 0) is 62.2 Å². The number of rotatable bonds is 4. The SMILES string of the molecule is CCC1CC2CC(C)CC(C2)C1OOC1CCCCC1. The van der Waals surface area contributed by atoms with Crippen LogP contribution >= 0.6 is 0 Å². The second-order valence-electron chi connectivity index (χ2n) is 7.76. The molecule has 0 saturated heterocycles. The lowest BCUT2D eigenvalue weighted by atomic mass is 9.63. The van der Waals surface area contributed by atoms with Crippen LogP contribution in [0.3, 0.4) is 0 Å². The molecular formula is C18H32O2. The second kappa shape index (κ2) is 6.79. The van der Waals surface area contributed by atoms with Crippen LogP contribution in [0.25, 0.3) is 0 Å². The maximum Gasteiger partial charge on any atom is 0.0986 e. The average Bonchev–Trinajstić information content (AvgIpc) is 2.46. The zero-order valence-electron chi connectivity index (χ0n) is 13.4. The molecule has 0 N–H and O–H groups in total. The van der Waals surface area contributed by atoms with Crippen LogP contribution in [0.5, 0.6) is 0 Å². The van der Waals surface area contributed by atoms with Crippen molar-refractivity contribution in [2.45, 2.75) is 90.3 Å². The van der Waals surface area contributed by atoms with E-state index in [0.29, 0.717) is 12.2 Å². The van der Waals surface area contributed by atoms with E-state index in [2.05, 4.69) is 13.8 Å². The molecule has 3 rings (SSSR count). The van der Waals surface area contributed by atoms with E-state index in [4.69, 9.17) is 9.78 Å². The molecule has 0 amide bonds. The highest BCUT2D eigenvalue weighted by atomic mass is 17.2. The highest BCUT2D eigenvalue weighted by molar-refractivity contribution is 4.91. The highest BCUT2D eigenvalue weighted by Crippen LogP contribution is 2.47. The summed E-state index contributed by atoms with van der Waals surface area (Å²) in [5, 5.41) is 0. The summed E-state index contributed by atoms with van der Waals surface area (Å²) in [6.45, 7) is 4.75. The highest BCUT2D eigenvalue weighted by Gasteiger charge is 2.42. The maximum atomic E-state index is 6.06. The van der Waals surface area contributed by atoms with Gasteiger partial charge in [0.25, 0.3) is 0 Å². The van der Waals surface area contributed by atoms with Crippen LogP contribution in [0.4, 0.5) is 0 Å². The van der Waals surface area contributed by atoms with Crippen molar-refractivity contribution < 1.29 is 9.78 Å². The van der Waals surface area contributed by atoms with E-state index < -0.39 is 0 Å². The predicted molar refractivity (Wildman–Crippen MR) is 81.2 cm³/mol. The van der Waals surface area contributed by atoms with Gasteiger partial charge in [-0.25, -0.2) is 9.78 Å². The van der Waals surface area contributed by atoms with Crippen molar-refractivity contribution in [3.05, 3.63) is 0 Å². The fraction of sp³-hybridized carbons (Fsp3) is 1.00. The predicted octanol–water partition coefficient (Wildman–Crippen LogP) is 5.12. The molecule has 3 saturated carbocycles. The summed E-state index contributed by atoms with van der Waals surface area (Å²) in [6, 6.07) is 0. The smallest absolute Gasteiger partial charge is 0.0986 e. The van der Waals surface area contributed by atoms with Crippen LogP contribution < -0.4 is 0 Å². The molecule has 0 aromatic carbocycles.